The highest BCUT2D eigenvalue weighted by Gasteiger charge is 2.14. The first-order valence-electron chi connectivity index (χ1n) is 8.77. The topological polar surface area (TPSA) is 76.5 Å². The zero-order valence-corrected chi connectivity index (χ0v) is 15.0. The molecule has 28 heavy (non-hydrogen) atoms. The molecule has 0 unspecified atom stereocenters. The third-order valence-electron chi connectivity index (χ3n) is 4.92. The molecule has 1 N–H and O–H groups in total. The number of nitrogens with zero attached hydrogens (tertiary/aromatic N) is 2. The molecule has 0 aliphatic heterocycles. The van der Waals surface area contributed by atoms with Crippen LogP contribution in [0.2, 0.25) is 0 Å². The van der Waals surface area contributed by atoms with Crippen LogP contribution in [0.4, 0.5) is 0 Å². The lowest BCUT2D eigenvalue weighted by atomic mass is 10.1. The van der Waals surface area contributed by atoms with Crippen molar-refractivity contribution in [1.29, 1.82) is 0 Å². The zero-order chi connectivity index (χ0) is 19.3. The number of carbonyl (C=O) groups is 1. The number of aromatic nitrogens is 3. The molecule has 0 bridgehead atoms. The molecule has 6 nitrogen and oxygen atoms in total. The van der Waals surface area contributed by atoms with Crippen LogP contribution in [0.15, 0.2) is 65.7 Å². The predicted octanol–water partition coefficient (Wildman–Crippen LogP) is 2.66. The Morgan fingerprint density at radius 1 is 1.14 bits per heavy atom. The van der Waals surface area contributed by atoms with E-state index in [4.69, 9.17) is 4.74 Å². The molecular formula is C22H15N3O3. The first-order chi connectivity index (χ1) is 13.7. The standard InChI is InChI=1S/C22H15N3O3/c1-28-22(27)14-6-4-5-13(11-14)12-17-15-7-2-3-8-16(15)18-19(17)25-10-9-23-20(25)21(26)24-18/h2-12H,1H3,(H,24,26)/b17-12-. The van der Waals surface area contributed by atoms with Crippen LogP contribution in [0.3, 0.4) is 0 Å². The molecule has 0 atom stereocenters. The van der Waals surface area contributed by atoms with Crippen molar-refractivity contribution >= 4 is 39.5 Å². The second-order valence-electron chi connectivity index (χ2n) is 6.52. The normalized spacial score (nSPS) is 12.2. The van der Waals surface area contributed by atoms with Gasteiger partial charge in [-0.15, -0.1) is 0 Å². The third kappa shape index (κ3) is 2.31. The van der Waals surface area contributed by atoms with Crippen LogP contribution in [0.1, 0.15) is 15.9 Å². The highest BCUT2D eigenvalue weighted by atomic mass is 16.5. The number of H-pyrrole nitrogens is 1. The van der Waals surface area contributed by atoms with E-state index in [1.807, 2.05) is 46.9 Å². The number of fused-ring (bicyclic) bond motifs is 5. The van der Waals surface area contributed by atoms with Gasteiger partial charge in [0.1, 0.15) is 0 Å². The summed E-state index contributed by atoms with van der Waals surface area (Å²) < 4.78 is 6.63. The van der Waals surface area contributed by atoms with Crippen LogP contribution < -0.4 is 10.8 Å². The maximum Gasteiger partial charge on any atom is 0.337 e. The van der Waals surface area contributed by atoms with Crippen LogP contribution in [-0.4, -0.2) is 27.4 Å². The summed E-state index contributed by atoms with van der Waals surface area (Å²) in [5.74, 6) is -0.381. The minimum Gasteiger partial charge on any atom is -0.465 e. The minimum atomic E-state index is -0.381. The average molecular weight is 369 g/mol. The summed E-state index contributed by atoms with van der Waals surface area (Å²) in [4.78, 5) is 31.5. The lowest BCUT2D eigenvalue weighted by molar-refractivity contribution is 0.0600. The quantitative estimate of drug-likeness (QED) is 0.486. The summed E-state index contributed by atoms with van der Waals surface area (Å²) in [6, 6.07) is 15.2. The van der Waals surface area contributed by atoms with Crippen LogP contribution in [0.25, 0.3) is 33.5 Å². The van der Waals surface area contributed by atoms with Gasteiger partial charge in [0.15, 0.2) is 0 Å². The summed E-state index contributed by atoms with van der Waals surface area (Å²) in [6.45, 7) is 0. The van der Waals surface area contributed by atoms with Gasteiger partial charge in [-0.05, 0) is 29.2 Å². The zero-order valence-electron chi connectivity index (χ0n) is 15.0. The van der Waals surface area contributed by atoms with E-state index in [-0.39, 0.29) is 11.5 Å². The van der Waals surface area contributed by atoms with Crippen molar-refractivity contribution in [3.8, 4) is 0 Å². The number of carbonyl (C=O) groups excluding carboxylic acids is 1. The van der Waals surface area contributed by atoms with Gasteiger partial charge < -0.3 is 9.72 Å². The van der Waals surface area contributed by atoms with Crippen LogP contribution in [0.5, 0.6) is 0 Å². The Balaban J connectivity index is 1.93. The maximum absolute atomic E-state index is 12.4. The van der Waals surface area contributed by atoms with Gasteiger partial charge in [-0.1, -0.05) is 36.4 Å². The van der Waals surface area contributed by atoms with Crippen molar-refractivity contribution in [3.05, 3.63) is 87.6 Å². The largest absolute Gasteiger partial charge is 0.465 e. The molecule has 0 spiro atoms. The number of nitrogens with one attached hydrogen (secondary N) is 1. The van der Waals surface area contributed by atoms with Gasteiger partial charge in [-0.25, -0.2) is 9.78 Å². The average Bonchev–Trinajstić information content (AvgIpc) is 3.32. The number of imidazole rings is 1. The van der Waals surface area contributed by atoms with Crippen LogP contribution >= 0.6 is 0 Å². The maximum atomic E-state index is 12.4. The number of benzene rings is 2. The molecule has 0 amide bonds. The molecule has 2 heterocycles. The molecule has 136 valence electrons. The number of hydrogen-bond acceptors (Lipinski definition) is 4. The highest BCUT2D eigenvalue weighted by Crippen LogP contribution is 2.22. The van der Waals surface area contributed by atoms with Crippen molar-refractivity contribution in [2.45, 2.75) is 0 Å². The van der Waals surface area contributed by atoms with Crippen molar-refractivity contribution < 1.29 is 9.53 Å². The lowest BCUT2D eigenvalue weighted by Gasteiger charge is -2.01. The highest BCUT2D eigenvalue weighted by molar-refractivity contribution is 6.10. The van der Waals surface area contributed by atoms with Crippen LogP contribution in [0, 0.1) is 0 Å². The molecule has 0 aliphatic carbocycles. The van der Waals surface area contributed by atoms with E-state index in [2.05, 4.69) is 9.97 Å². The van der Waals surface area contributed by atoms with E-state index in [1.165, 1.54) is 7.11 Å². The number of hydrogen-bond donors (Lipinski definition) is 1. The molecule has 0 aliphatic rings. The first-order valence-corrected chi connectivity index (χ1v) is 8.77. The molecule has 0 saturated carbocycles. The van der Waals surface area contributed by atoms with E-state index in [1.54, 1.807) is 24.5 Å². The summed E-state index contributed by atoms with van der Waals surface area (Å²) >= 11 is 0. The van der Waals surface area contributed by atoms with Crippen molar-refractivity contribution in [2.75, 3.05) is 7.11 Å². The van der Waals surface area contributed by atoms with E-state index in [9.17, 15) is 9.59 Å². The van der Waals surface area contributed by atoms with Crippen molar-refractivity contribution in [3.63, 3.8) is 0 Å². The summed E-state index contributed by atoms with van der Waals surface area (Å²) in [5, 5.41) is 2.92. The molecule has 0 saturated heterocycles. The van der Waals surface area contributed by atoms with Gasteiger partial charge in [-0.3, -0.25) is 9.20 Å². The molecule has 0 radical (unpaired) electrons. The van der Waals surface area contributed by atoms with E-state index < -0.39 is 0 Å². The molecule has 5 rings (SSSR count). The Bertz CT molecular complexity index is 1490. The van der Waals surface area contributed by atoms with E-state index >= 15 is 0 Å². The summed E-state index contributed by atoms with van der Waals surface area (Å²) in [5.41, 5.74) is 3.10. The summed E-state index contributed by atoms with van der Waals surface area (Å²) in [7, 11) is 1.36. The van der Waals surface area contributed by atoms with Crippen LogP contribution in [-0.2, 0) is 4.74 Å². The fourth-order valence-electron chi connectivity index (χ4n) is 3.71. The Morgan fingerprint density at radius 3 is 2.79 bits per heavy atom. The molecule has 6 heteroatoms. The van der Waals surface area contributed by atoms with Gasteiger partial charge in [0.25, 0.3) is 5.56 Å². The SMILES string of the molecule is COC(=O)c1cccc(/C=c2/c3ccccc3c3[nH]c(=O)c4nccn4c23)c1. The van der Waals surface area contributed by atoms with E-state index in [0.717, 1.165) is 32.6 Å². The Morgan fingerprint density at radius 2 is 1.96 bits per heavy atom. The van der Waals surface area contributed by atoms with E-state index in [0.29, 0.717) is 11.2 Å². The van der Waals surface area contributed by atoms with Gasteiger partial charge in [0.2, 0.25) is 5.65 Å². The smallest absolute Gasteiger partial charge is 0.337 e. The Kier molecular flexibility index (Phi) is 3.52. The fraction of sp³-hybridized carbons (Fsp3) is 0.0455. The number of esters is 1. The number of methoxy groups -OCH3 is 1. The Hall–Kier alpha value is -3.93. The number of ether oxygens (including phenoxy) is 1. The fourth-order valence-corrected chi connectivity index (χ4v) is 3.71. The molecule has 0 fully saturated rings. The van der Waals surface area contributed by atoms with Gasteiger partial charge >= 0.3 is 5.97 Å². The first kappa shape index (κ1) is 16.3. The predicted molar refractivity (Wildman–Crippen MR) is 107 cm³/mol. The monoisotopic (exact) mass is 369 g/mol. The molecule has 5 aromatic rings. The summed E-state index contributed by atoms with van der Waals surface area (Å²) in [6.07, 6.45) is 5.41. The van der Waals surface area contributed by atoms with Gasteiger partial charge in [-0.2, -0.15) is 0 Å². The lowest BCUT2D eigenvalue weighted by Crippen LogP contribution is -2.13. The van der Waals surface area contributed by atoms with Gasteiger partial charge in [0.05, 0.1) is 23.7 Å². The molecular weight excluding hydrogens is 354 g/mol. The van der Waals surface area contributed by atoms with Crippen molar-refractivity contribution in [1.82, 2.24) is 14.4 Å². The van der Waals surface area contributed by atoms with Crippen molar-refractivity contribution in [2.24, 2.45) is 0 Å². The third-order valence-corrected chi connectivity index (χ3v) is 4.92. The van der Waals surface area contributed by atoms with Gasteiger partial charge in [0, 0.05) is 23.0 Å². The molecule has 3 aromatic carbocycles. The Labute approximate surface area is 158 Å². The minimum absolute atomic E-state index is 0.229. The number of aromatic amines is 1. The number of rotatable bonds is 2. The second-order valence-corrected chi connectivity index (χ2v) is 6.52. The second kappa shape index (κ2) is 6.06. The molecule has 2 aromatic heterocycles.